The molecule has 2 aliphatic rings. The zero-order valence-electron chi connectivity index (χ0n) is 6.97. The Balaban J connectivity index is 1.78. The van der Waals surface area contributed by atoms with Crippen LogP contribution >= 0.6 is 0 Å². The fourth-order valence-electron chi connectivity index (χ4n) is 2.43. The van der Waals surface area contributed by atoms with Crippen molar-refractivity contribution in [1.82, 2.24) is 15.1 Å². The number of aromatic nitrogens is 2. The molecule has 1 aromatic rings. The van der Waals surface area contributed by atoms with E-state index in [2.05, 4.69) is 22.1 Å². The molecule has 12 heavy (non-hydrogen) atoms. The molecule has 1 saturated heterocycles. The van der Waals surface area contributed by atoms with Gasteiger partial charge in [0.05, 0.1) is 0 Å². The second-order valence-corrected chi connectivity index (χ2v) is 3.85. The van der Waals surface area contributed by atoms with Crippen molar-refractivity contribution in [3.05, 3.63) is 12.3 Å². The standard InChI is InChI=1S/C8H11N3O/c1-11-2-5-6(3-11)7(5)8-10-9-4-12-8/h4-7H,2-3H2,1H3/t5-,6?,7?/m1/s1. The second-order valence-electron chi connectivity index (χ2n) is 3.85. The van der Waals surface area contributed by atoms with Crippen LogP contribution in [0.2, 0.25) is 0 Å². The van der Waals surface area contributed by atoms with E-state index >= 15 is 0 Å². The van der Waals surface area contributed by atoms with Crippen molar-refractivity contribution in [3.8, 4) is 0 Å². The van der Waals surface area contributed by atoms with Crippen LogP contribution in [0, 0.1) is 11.8 Å². The van der Waals surface area contributed by atoms with E-state index < -0.39 is 0 Å². The van der Waals surface area contributed by atoms with Crippen LogP contribution < -0.4 is 0 Å². The van der Waals surface area contributed by atoms with Gasteiger partial charge in [0.25, 0.3) is 0 Å². The summed E-state index contributed by atoms with van der Waals surface area (Å²) >= 11 is 0. The fraction of sp³-hybridized carbons (Fsp3) is 0.750. The molecule has 4 nitrogen and oxygen atoms in total. The molecular formula is C8H11N3O. The summed E-state index contributed by atoms with van der Waals surface area (Å²) in [4.78, 5) is 2.36. The van der Waals surface area contributed by atoms with Crippen LogP contribution in [-0.4, -0.2) is 35.2 Å². The highest BCUT2D eigenvalue weighted by Gasteiger charge is 2.57. The number of hydrogen-bond acceptors (Lipinski definition) is 4. The number of hydrogen-bond donors (Lipinski definition) is 0. The predicted molar refractivity (Wildman–Crippen MR) is 41.5 cm³/mol. The Hall–Kier alpha value is -0.900. The van der Waals surface area contributed by atoms with Gasteiger partial charge in [0.15, 0.2) is 0 Å². The van der Waals surface area contributed by atoms with Gasteiger partial charge in [0.1, 0.15) is 0 Å². The van der Waals surface area contributed by atoms with E-state index in [4.69, 9.17) is 4.42 Å². The van der Waals surface area contributed by atoms with Crippen LogP contribution in [0.1, 0.15) is 11.8 Å². The summed E-state index contributed by atoms with van der Waals surface area (Å²) in [5.74, 6) is 2.99. The lowest BCUT2D eigenvalue weighted by atomic mass is 10.3. The summed E-state index contributed by atoms with van der Waals surface area (Å²) in [6.45, 7) is 2.38. The van der Waals surface area contributed by atoms with Crippen molar-refractivity contribution < 1.29 is 4.42 Å². The minimum absolute atomic E-state index is 0.573. The topological polar surface area (TPSA) is 42.2 Å². The summed E-state index contributed by atoms with van der Waals surface area (Å²) in [5, 5.41) is 7.65. The monoisotopic (exact) mass is 165 g/mol. The second kappa shape index (κ2) is 2.07. The molecule has 1 aromatic heterocycles. The minimum Gasteiger partial charge on any atom is -0.428 e. The highest BCUT2D eigenvalue weighted by atomic mass is 16.4. The molecule has 0 aromatic carbocycles. The molecule has 0 radical (unpaired) electrons. The van der Waals surface area contributed by atoms with Gasteiger partial charge in [-0.25, -0.2) is 0 Å². The van der Waals surface area contributed by atoms with Gasteiger partial charge in [-0.15, -0.1) is 10.2 Å². The first-order valence-electron chi connectivity index (χ1n) is 4.31. The van der Waals surface area contributed by atoms with Crippen LogP contribution in [0.5, 0.6) is 0 Å². The van der Waals surface area contributed by atoms with E-state index in [9.17, 15) is 0 Å². The average Bonchev–Trinajstić information content (AvgIpc) is 2.58. The van der Waals surface area contributed by atoms with Gasteiger partial charge in [0.2, 0.25) is 12.3 Å². The van der Waals surface area contributed by atoms with Gasteiger partial charge in [-0.05, 0) is 18.9 Å². The van der Waals surface area contributed by atoms with Gasteiger partial charge in [-0.2, -0.15) is 0 Å². The minimum atomic E-state index is 0.573. The van der Waals surface area contributed by atoms with Gasteiger partial charge in [0, 0.05) is 19.0 Å². The van der Waals surface area contributed by atoms with Crippen molar-refractivity contribution in [2.24, 2.45) is 11.8 Å². The molecule has 3 rings (SSSR count). The lowest BCUT2D eigenvalue weighted by Crippen LogP contribution is -2.18. The lowest BCUT2D eigenvalue weighted by Gasteiger charge is -2.10. The first-order valence-corrected chi connectivity index (χ1v) is 4.31. The molecule has 0 N–H and O–H groups in total. The molecule has 3 atom stereocenters. The number of rotatable bonds is 1. The Morgan fingerprint density at radius 2 is 2.25 bits per heavy atom. The smallest absolute Gasteiger partial charge is 0.219 e. The van der Waals surface area contributed by atoms with Crippen molar-refractivity contribution >= 4 is 0 Å². The zero-order chi connectivity index (χ0) is 8.13. The van der Waals surface area contributed by atoms with E-state index in [0.29, 0.717) is 5.92 Å². The molecule has 2 unspecified atom stereocenters. The van der Waals surface area contributed by atoms with Gasteiger partial charge in [-0.3, -0.25) is 0 Å². The van der Waals surface area contributed by atoms with Crippen LogP contribution in [-0.2, 0) is 0 Å². The average molecular weight is 165 g/mol. The maximum absolute atomic E-state index is 5.19. The summed E-state index contributed by atoms with van der Waals surface area (Å²) in [6, 6.07) is 0. The summed E-state index contributed by atoms with van der Waals surface area (Å²) in [5.41, 5.74) is 0. The van der Waals surface area contributed by atoms with Gasteiger partial charge < -0.3 is 9.32 Å². The van der Waals surface area contributed by atoms with Crippen LogP contribution in [0.4, 0.5) is 0 Å². The number of fused-ring (bicyclic) bond motifs is 1. The lowest BCUT2D eigenvalue weighted by molar-refractivity contribution is 0.347. The first-order chi connectivity index (χ1) is 5.86. The summed E-state index contributed by atoms with van der Waals surface area (Å²) < 4.78 is 5.19. The quantitative estimate of drug-likeness (QED) is 0.602. The number of likely N-dealkylation sites (tertiary alicyclic amines) is 1. The van der Waals surface area contributed by atoms with Crippen molar-refractivity contribution in [2.75, 3.05) is 20.1 Å². The van der Waals surface area contributed by atoms with Crippen LogP contribution in [0.3, 0.4) is 0 Å². The molecule has 4 heteroatoms. The Bertz CT molecular complexity index is 273. The molecule has 0 spiro atoms. The zero-order valence-corrected chi connectivity index (χ0v) is 6.97. The molecular weight excluding hydrogens is 154 g/mol. The van der Waals surface area contributed by atoms with Gasteiger partial charge in [-0.1, -0.05) is 0 Å². The van der Waals surface area contributed by atoms with Crippen molar-refractivity contribution in [2.45, 2.75) is 5.92 Å². The molecule has 0 amide bonds. The molecule has 1 saturated carbocycles. The maximum Gasteiger partial charge on any atom is 0.219 e. The van der Waals surface area contributed by atoms with Crippen LogP contribution in [0.15, 0.2) is 10.8 Å². The highest BCUT2D eigenvalue weighted by Crippen LogP contribution is 2.57. The Morgan fingerprint density at radius 1 is 1.50 bits per heavy atom. The third-order valence-corrected chi connectivity index (χ3v) is 3.04. The third kappa shape index (κ3) is 0.756. The molecule has 1 aliphatic carbocycles. The first kappa shape index (κ1) is 6.60. The molecule has 2 heterocycles. The largest absolute Gasteiger partial charge is 0.428 e. The molecule has 1 aliphatic heterocycles. The Labute approximate surface area is 70.6 Å². The third-order valence-electron chi connectivity index (χ3n) is 3.04. The SMILES string of the molecule is CN1CC2C(c3nnco3)[C@@H]2C1. The Kier molecular flexibility index (Phi) is 1.14. The predicted octanol–water partition coefficient (Wildman–Crippen LogP) is 0.345. The maximum atomic E-state index is 5.19. The normalized spacial score (nSPS) is 39.9. The van der Waals surface area contributed by atoms with E-state index in [1.54, 1.807) is 0 Å². The van der Waals surface area contributed by atoms with E-state index in [0.717, 1.165) is 17.7 Å². The van der Waals surface area contributed by atoms with Crippen molar-refractivity contribution in [3.63, 3.8) is 0 Å². The fourth-order valence-corrected chi connectivity index (χ4v) is 2.43. The molecule has 64 valence electrons. The van der Waals surface area contributed by atoms with Crippen LogP contribution in [0.25, 0.3) is 0 Å². The summed E-state index contributed by atoms with van der Waals surface area (Å²) in [6.07, 6.45) is 1.42. The highest BCUT2D eigenvalue weighted by molar-refractivity contribution is 5.16. The Morgan fingerprint density at radius 3 is 2.83 bits per heavy atom. The van der Waals surface area contributed by atoms with E-state index in [1.165, 1.54) is 19.5 Å². The van der Waals surface area contributed by atoms with Gasteiger partial charge >= 0.3 is 0 Å². The van der Waals surface area contributed by atoms with Crippen molar-refractivity contribution in [1.29, 1.82) is 0 Å². The molecule has 0 bridgehead atoms. The molecule has 2 fully saturated rings. The number of piperidine rings is 1. The van der Waals surface area contributed by atoms with E-state index in [-0.39, 0.29) is 0 Å². The van der Waals surface area contributed by atoms with E-state index in [1.807, 2.05) is 0 Å². The number of nitrogens with zero attached hydrogens (tertiary/aromatic N) is 3. The summed E-state index contributed by atoms with van der Waals surface area (Å²) in [7, 11) is 2.16.